The Labute approximate surface area is 140 Å². The van der Waals surface area contributed by atoms with Crippen molar-refractivity contribution in [3.63, 3.8) is 0 Å². The molecule has 2 aromatic carbocycles. The molecule has 0 amide bonds. The second-order valence-corrected chi connectivity index (χ2v) is 5.31. The van der Waals surface area contributed by atoms with Gasteiger partial charge in [0.15, 0.2) is 0 Å². The summed E-state index contributed by atoms with van der Waals surface area (Å²) in [6.45, 7) is 2.18. The Kier molecular flexibility index (Phi) is 4.66. The fraction of sp³-hybridized carbons (Fsp3) is 0.150. The van der Waals surface area contributed by atoms with Gasteiger partial charge < -0.3 is 13.9 Å². The van der Waals surface area contributed by atoms with Gasteiger partial charge in [0.1, 0.15) is 29.3 Å². The van der Waals surface area contributed by atoms with Gasteiger partial charge in [-0.25, -0.2) is 4.79 Å². The maximum absolute atomic E-state index is 11.9. The van der Waals surface area contributed by atoms with E-state index in [2.05, 4.69) is 0 Å². The van der Waals surface area contributed by atoms with Gasteiger partial charge in [-0.1, -0.05) is 36.4 Å². The average Bonchev–Trinajstić information content (AvgIpc) is 2.94. The van der Waals surface area contributed by atoms with Crippen LogP contribution in [0.15, 0.2) is 59.0 Å². The number of hydrogen-bond donors (Lipinski definition) is 0. The fourth-order valence-corrected chi connectivity index (χ4v) is 2.54. The van der Waals surface area contributed by atoms with Crippen molar-refractivity contribution in [2.75, 3.05) is 13.7 Å². The molecule has 0 atom stereocenters. The standard InChI is InChI=1S/C20H18O4/c1-14-19(20(21)22-2)17-13-16(10-11-18(17)24-14)23-12-6-9-15-7-4-3-5-8-15/h3-11,13H,12H2,1-2H3/b9-6+. The fourth-order valence-electron chi connectivity index (χ4n) is 2.54. The molecule has 1 heterocycles. The lowest BCUT2D eigenvalue weighted by molar-refractivity contribution is 0.0601. The van der Waals surface area contributed by atoms with Gasteiger partial charge in [-0.2, -0.15) is 0 Å². The van der Waals surface area contributed by atoms with Crippen molar-refractivity contribution >= 4 is 23.0 Å². The van der Waals surface area contributed by atoms with Crippen molar-refractivity contribution in [3.05, 3.63) is 71.5 Å². The molecular formula is C20H18O4. The highest BCUT2D eigenvalue weighted by Crippen LogP contribution is 2.29. The van der Waals surface area contributed by atoms with E-state index in [1.807, 2.05) is 48.6 Å². The first-order valence-electron chi connectivity index (χ1n) is 7.65. The summed E-state index contributed by atoms with van der Waals surface area (Å²) in [6.07, 6.45) is 3.95. The van der Waals surface area contributed by atoms with Crippen LogP contribution >= 0.6 is 0 Å². The first kappa shape index (κ1) is 15.9. The molecule has 3 rings (SSSR count). The predicted molar refractivity (Wildman–Crippen MR) is 93.3 cm³/mol. The minimum Gasteiger partial charge on any atom is -0.490 e. The van der Waals surface area contributed by atoms with Crippen molar-refractivity contribution in [1.82, 2.24) is 0 Å². The normalized spacial score (nSPS) is 11.1. The minimum absolute atomic E-state index is 0.410. The number of furan rings is 1. The number of aryl methyl sites for hydroxylation is 1. The topological polar surface area (TPSA) is 48.7 Å². The smallest absolute Gasteiger partial charge is 0.342 e. The summed E-state index contributed by atoms with van der Waals surface area (Å²) in [5, 5.41) is 0.698. The van der Waals surface area contributed by atoms with Gasteiger partial charge in [0.25, 0.3) is 0 Å². The summed E-state index contributed by atoms with van der Waals surface area (Å²) in [5.74, 6) is 0.802. The zero-order valence-electron chi connectivity index (χ0n) is 13.6. The molecule has 4 nitrogen and oxygen atoms in total. The molecule has 0 spiro atoms. The second-order valence-electron chi connectivity index (χ2n) is 5.31. The van der Waals surface area contributed by atoms with Gasteiger partial charge in [0.05, 0.1) is 7.11 Å². The van der Waals surface area contributed by atoms with Crippen molar-refractivity contribution in [2.24, 2.45) is 0 Å². The molecule has 0 radical (unpaired) electrons. The summed E-state index contributed by atoms with van der Waals surface area (Å²) in [5.41, 5.74) is 2.20. The number of methoxy groups -OCH3 is 1. The number of hydrogen-bond acceptors (Lipinski definition) is 4. The molecule has 0 N–H and O–H groups in total. The lowest BCUT2D eigenvalue weighted by Gasteiger charge is -2.03. The van der Waals surface area contributed by atoms with Crippen LogP contribution in [0.25, 0.3) is 17.0 Å². The van der Waals surface area contributed by atoms with Crippen LogP contribution in [0.5, 0.6) is 5.75 Å². The first-order chi connectivity index (χ1) is 11.7. The first-order valence-corrected chi connectivity index (χ1v) is 7.65. The highest BCUT2D eigenvalue weighted by Gasteiger charge is 2.19. The zero-order chi connectivity index (χ0) is 16.9. The summed E-state index contributed by atoms with van der Waals surface area (Å²) < 4.78 is 16.1. The molecule has 3 aromatic rings. The molecule has 0 unspecified atom stereocenters. The van der Waals surface area contributed by atoms with Crippen LogP contribution in [0.1, 0.15) is 21.7 Å². The Bertz CT molecular complexity index is 875. The molecular weight excluding hydrogens is 304 g/mol. The van der Waals surface area contributed by atoms with E-state index < -0.39 is 5.97 Å². The van der Waals surface area contributed by atoms with Crippen LogP contribution in [0.2, 0.25) is 0 Å². The molecule has 0 saturated heterocycles. The molecule has 24 heavy (non-hydrogen) atoms. The number of ether oxygens (including phenoxy) is 2. The van der Waals surface area contributed by atoms with E-state index in [1.165, 1.54) is 7.11 Å². The Morgan fingerprint density at radius 2 is 1.96 bits per heavy atom. The number of benzene rings is 2. The van der Waals surface area contributed by atoms with E-state index in [9.17, 15) is 4.79 Å². The SMILES string of the molecule is COC(=O)c1c(C)oc2ccc(OC/C=C/c3ccccc3)cc12. The van der Waals surface area contributed by atoms with Gasteiger partial charge in [-0.15, -0.1) is 0 Å². The summed E-state index contributed by atoms with van der Waals surface area (Å²) in [7, 11) is 1.36. The largest absolute Gasteiger partial charge is 0.490 e. The number of esters is 1. The van der Waals surface area contributed by atoms with Crippen LogP contribution < -0.4 is 4.74 Å². The minimum atomic E-state index is -0.410. The third-order valence-corrected chi connectivity index (χ3v) is 3.68. The molecule has 0 bridgehead atoms. The maximum atomic E-state index is 11.9. The summed E-state index contributed by atoms with van der Waals surface area (Å²) in [6, 6.07) is 15.4. The van der Waals surface area contributed by atoms with E-state index in [-0.39, 0.29) is 0 Å². The van der Waals surface area contributed by atoms with Gasteiger partial charge in [0, 0.05) is 5.39 Å². The lowest BCUT2D eigenvalue weighted by Crippen LogP contribution is -2.01. The number of rotatable bonds is 5. The van der Waals surface area contributed by atoms with Crippen LogP contribution in [-0.4, -0.2) is 19.7 Å². The van der Waals surface area contributed by atoms with E-state index in [1.54, 1.807) is 19.1 Å². The molecule has 0 aliphatic heterocycles. The molecule has 122 valence electrons. The summed E-state index contributed by atoms with van der Waals surface area (Å²) in [4.78, 5) is 11.9. The quantitative estimate of drug-likeness (QED) is 0.643. The molecule has 1 aromatic heterocycles. The van der Waals surface area contributed by atoms with Crippen LogP contribution in [-0.2, 0) is 4.74 Å². The lowest BCUT2D eigenvalue weighted by atomic mass is 10.1. The van der Waals surface area contributed by atoms with Gasteiger partial charge in [-0.3, -0.25) is 0 Å². The van der Waals surface area contributed by atoms with E-state index in [4.69, 9.17) is 13.9 Å². The molecule has 0 fully saturated rings. The van der Waals surface area contributed by atoms with Crippen LogP contribution in [0, 0.1) is 6.92 Å². The van der Waals surface area contributed by atoms with E-state index in [0.717, 1.165) is 5.56 Å². The zero-order valence-corrected chi connectivity index (χ0v) is 13.6. The van der Waals surface area contributed by atoms with Crippen LogP contribution in [0.4, 0.5) is 0 Å². The monoisotopic (exact) mass is 322 g/mol. The Hall–Kier alpha value is -3.01. The summed E-state index contributed by atoms with van der Waals surface area (Å²) >= 11 is 0. The van der Waals surface area contributed by atoms with Crippen molar-refractivity contribution < 1.29 is 18.7 Å². The number of carbonyl (C=O) groups is 1. The van der Waals surface area contributed by atoms with Gasteiger partial charge >= 0.3 is 5.97 Å². The molecule has 4 heteroatoms. The third kappa shape index (κ3) is 3.33. The van der Waals surface area contributed by atoms with Gasteiger partial charge in [-0.05, 0) is 36.8 Å². The maximum Gasteiger partial charge on any atom is 0.342 e. The Morgan fingerprint density at radius 1 is 1.17 bits per heavy atom. The van der Waals surface area contributed by atoms with Crippen LogP contribution in [0.3, 0.4) is 0 Å². The second kappa shape index (κ2) is 7.04. The molecule has 0 aliphatic rings. The Balaban J connectivity index is 1.76. The van der Waals surface area contributed by atoms with E-state index in [0.29, 0.717) is 34.6 Å². The van der Waals surface area contributed by atoms with Crippen molar-refractivity contribution in [1.29, 1.82) is 0 Å². The van der Waals surface area contributed by atoms with Crippen molar-refractivity contribution in [3.8, 4) is 5.75 Å². The van der Waals surface area contributed by atoms with E-state index >= 15 is 0 Å². The average molecular weight is 322 g/mol. The Morgan fingerprint density at radius 3 is 2.71 bits per heavy atom. The molecule has 0 aliphatic carbocycles. The van der Waals surface area contributed by atoms with Crippen molar-refractivity contribution in [2.45, 2.75) is 6.92 Å². The highest BCUT2D eigenvalue weighted by atomic mass is 16.5. The van der Waals surface area contributed by atoms with Gasteiger partial charge in [0.2, 0.25) is 0 Å². The predicted octanol–water partition coefficient (Wildman–Crippen LogP) is 4.62. The molecule has 0 saturated carbocycles. The number of fused-ring (bicyclic) bond motifs is 1. The highest BCUT2D eigenvalue weighted by molar-refractivity contribution is 6.04. The third-order valence-electron chi connectivity index (χ3n) is 3.68. The number of carbonyl (C=O) groups excluding carboxylic acids is 1.